The lowest BCUT2D eigenvalue weighted by Gasteiger charge is -2.26. The van der Waals surface area contributed by atoms with Crippen LogP contribution in [0.15, 0.2) is 0 Å². The van der Waals surface area contributed by atoms with E-state index in [9.17, 15) is 0 Å². The van der Waals surface area contributed by atoms with Gasteiger partial charge in [-0.2, -0.15) is 0 Å². The highest BCUT2D eigenvalue weighted by atomic mass is 15.2. The summed E-state index contributed by atoms with van der Waals surface area (Å²) in [4.78, 5) is 2.63. The van der Waals surface area contributed by atoms with Gasteiger partial charge >= 0.3 is 0 Å². The van der Waals surface area contributed by atoms with Crippen LogP contribution < -0.4 is 5.73 Å². The molecule has 76 valence electrons. The van der Waals surface area contributed by atoms with Gasteiger partial charge in [0.1, 0.15) is 0 Å². The lowest BCUT2D eigenvalue weighted by Crippen LogP contribution is -2.37. The van der Waals surface area contributed by atoms with E-state index in [2.05, 4.69) is 11.8 Å². The summed E-state index contributed by atoms with van der Waals surface area (Å²) in [6.45, 7) is 4.93. The molecule has 0 bridgehead atoms. The van der Waals surface area contributed by atoms with E-state index in [1.165, 1.54) is 45.2 Å². The molecular weight excluding hydrogens is 160 g/mol. The van der Waals surface area contributed by atoms with Crippen molar-refractivity contribution < 1.29 is 0 Å². The molecule has 1 aliphatic carbocycles. The van der Waals surface area contributed by atoms with Gasteiger partial charge in [0.2, 0.25) is 0 Å². The molecule has 3 unspecified atom stereocenters. The third-order valence-electron chi connectivity index (χ3n) is 3.88. The van der Waals surface area contributed by atoms with E-state index in [0.717, 1.165) is 12.0 Å². The molecule has 3 atom stereocenters. The standard InChI is InChI=1S/C11H22N2/c1-9-4-3-7-13(9)8-10-5-2-6-11(10)12/h9-11H,2-8,12H2,1H3. The minimum Gasteiger partial charge on any atom is -0.327 e. The lowest BCUT2D eigenvalue weighted by molar-refractivity contribution is 0.218. The molecule has 2 nitrogen and oxygen atoms in total. The molecule has 0 aromatic rings. The Morgan fingerprint density at radius 1 is 1.23 bits per heavy atom. The number of nitrogens with zero attached hydrogens (tertiary/aromatic N) is 1. The number of nitrogens with two attached hydrogens (primary N) is 1. The van der Waals surface area contributed by atoms with Crippen LogP contribution in [0.4, 0.5) is 0 Å². The second-order valence-corrected chi connectivity index (χ2v) is 4.84. The first-order chi connectivity index (χ1) is 6.27. The summed E-state index contributed by atoms with van der Waals surface area (Å²) in [5.41, 5.74) is 6.08. The van der Waals surface area contributed by atoms with Gasteiger partial charge < -0.3 is 10.6 Å². The molecule has 0 aromatic heterocycles. The van der Waals surface area contributed by atoms with Gasteiger partial charge in [0.25, 0.3) is 0 Å². The van der Waals surface area contributed by atoms with Crippen molar-refractivity contribution in [3.05, 3.63) is 0 Å². The van der Waals surface area contributed by atoms with Crippen molar-refractivity contribution in [3.8, 4) is 0 Å². The first-order valence-corrected chi connectivity index (χ1v) is 5.77. The maximum absolute atomic E-state index is 6.08. The van der Waals surface area contributed by atoms with Crippen LogP contribution in [0.25, 0.3) is 0 Å². The van der Waals surface area contributed by atoms with Crippen LogP contribution in [-0.2, 0) is 0 Å². The topological polar surface area (TPSA) is 29.3 Å². The van der Waals surface area contributed by atoms with Gasteiger partial charge in [0.15, 0.2) is 0 Å². The Kier molecular flexibility index (Phi) is 2.89. The maximum atomic E-state index is 6.08. The smallest absolute Gasteiger partial charge is 0.00793 e. The quantitative estimate of drug-likeness (QED) is 0.703. The Balaban J connectivity index is 1.82. The van der Waals surface area contributed by atoms with E-state index >= 15 is 0 Å². The number of hydrogen-bond donors (Lipinski definition) is 1. The zero-order valence-electron chi connectivity index (χ0n) is 8.71. The maximum Gasteiger partial charge on any atom is 0.00793 e. The highest BCUT2D eigenvalue weighted by molar-refractivity contribution is 4.85. The third kappa shape index (κ3) is 2.05. The molecule has 0 radical (unpaired) electrons. The van der Waals surface area contributed by atoms with Crippen LogP contribution in [-0.4, -0.2) is 30.1 Å². The molecule has 0 aromatic carbocycles. The molecule has 2 aliphatic rings. The number of hydrogen-bond acceptors (Lipinski definition) is 2. The molecule has 1 saturated carbocycles. The highest BCUT2D eigenvalue weighted by Gasteiger charge is 2.29. The first kappa shape index (κ1) is 9.47. The monoisotopic (exact) mass is 182 g/mol. The summed E-state index contributed by atoms with van der Waals surface area (Å²) < 4.78 is 0. The zero-order chi connectivity index (χ0) is 9.26. The number of rotatable bonds is 2. The molecule has 2 fully saturated rings. The molecule has 0 spiro atoms. The normalized spacial score (nSPS) is 41.5. The molecule has 2 rings (SSSR count). The third-order valence-corrected chi connectivity index (χ3v) is 3.88. The molecule has 1 heterocycles. The SMILES string of the molecule is CC1CCCN1CC1CCCC1N. The van der Waals surface area contributed by atoms with Gasteiger partial charge in [-0.1, -0.05) is 6.42 Å². The van der Waals surface area contributed by atoms with Crippen molar-refractivity contribution in [3.63, 3.8) is 0 Å². The van der Waals surface area contributed by atoms with Crippen LogP contribution in [0.1, 0.15) is 39.0 Å². The summed E-state index contributed by atoms with van der Waals surface area (Å²) in [6.07, 6.45) is 6.76. The largest absolute Gasteiger partial charge is 0.327 e. The summed E-state index contributed by atoms with van der Waals surface area (Å²) in [6, 6.07) is 1.31. The Morgan fingerprint density at radius 3 is 2.62 bits per heavy atom. The molecule has 1 aliphatic heterocycles. The van der Waals surface area contributed by atoms with E-state index in [4.69, 9.17) is 5.73 Å². The van der Waals surface area contributed by atoms with E-state index in [0.29, 0.717) is 6.04 Å². The van der Waals surface area contributed by atoms with Crippen LogP contribution in [0.5, 0.6) is 0 Å². The fourth-order valence-electron chi connectivity index (χ4n) is 2.86. The fraction of sp³-hybridized carbons (Fsp3) is 1.00. The second kappa shape index (κ2) is 3.97. The van der Waals surface area contributed by atoms with Gasteiger partial charge in [-0.3, -0.25) is 0 Å². The lowest BCUT2D eigenvalue weighted by atomic mass is 10.0. The van der Waals surface area contributed by atoms with Crippen LogP contribution in [0, 0.1) is 5.92 Å². The summed E-state index contributed by atoms with van der Waals surface area (Å²) in [7, 11) is 0. The number of likely N-dealkylation sites (tertiary alicyclic amines) is 1. The van der Waals surface area contributed by atoms with E-state index in [-0.39, 0.29) is 0 Å². The summed E-state index contributed by atoms with van der Waals surface area (Å²) >= 11 is 0. The molecule has 2 N–H and O–H groups in total. The first-order valence-electron chi connectivity index (χ1n) is 5.77. The van der Waals surface area contributed by atoms with Crippen molar-refractivity contribution in [1.29, 1.82) is 0 Å². The molecular formula is C11H22N2. The Morgan fingerprint density at radius 2 is 2.08 bits per heavy atom. The average molecular weight is 182 g/mol. The predicted molar refractivity (Wildman–Crippen MR) is 55.6 cm³/mol. The van der Waals surface area contributed by atoms with Crippen LogP contribution in [0.2, 0.25) is 0 Å². The van der Waals surface area contributed by atoms with Crippen molar-refractivity contribution in [2.24, 2.45) is 11.7 Å². The Bertz CT molecular complexity index is 151. The van der Waals surface area contributed by atoms with E-state index < -0.39 is 0 Å². The molecule has 0 amide bonds. The minimum absolute atomic E-state index is 0.493. The van der Waals surface area contributed by atoms with Gasteiger partial charge in [0.05, 0.1) is 0 Å². The molecule has 13 heavy (non-hydrogen) atoms. The summed E-state index contributed by atoms with van der Waals surface area (Å²) in [5.74, 6) is 0.792. The Hall–Kier alpha value is -0.0800. The average Bonchev–Trinajstić information content (AvgIpc) is 2.65. The molecule has 2 heteroatoms. The Labute approximate surface area is 81.5 Å². The van der Waals surface area contributed by atoms with Crippen molar-refractivity contribution in [1.82, 2.24) is 4.90 Å². The van der Waals surface area contributed by atoms with Crippen LogP contribution >= 0.6 is 0 Å². The predicted octanol–water partition coefficient (Wildman–Crippen LogP) is 1.60. The van der Waals surface area contributed by atoms with Gasteiger partial charge in [-0.15, -0.1) is 0 Å². The van der Waals surface area contributed by atoms with E-state index in [1.54, 1.807) is 0 Å². The zero-order valence-corrected chi connectivity index (χ0v) is 8.71. The minimum atomic E-state index is 0.493. The second-order valence-electron chi connectivity index (χ2n) is 4.84. The molecule has 1 saturated heterocycles. The van der Waals surface area contributed by atoms with Crippen molar-refractivity contribution in [2.45, 2.75) is 51.1 Å². The van der Waals surface area contributed by atoms with Gasteiger partial charge in [0, 0.05) is 18.6 Å². The fourth-order valence-corrected chi connectivity index (χ4v) is 2.86. The highest BCUT2D eigenvalue weighted by Crippen LogP contribution is 2.27. The van der Waals surface area contributed by atoms with Crippen molar-refractivity contribution >= 4 is 0 Å². The van der Waals surface area contributed by atoms with E-state index in [1.807, 2.05) is 0 Å². The van der Waals surface area contributed by atoms with Crippen LogP contribution in [0.3, 0.4) is 0 Å². The van der Waals surface area contributed by atoms with Crippen molar-refractivity contribution in [2.75, 3.05) is 13.1 Å². The van der Waals surface area contributed by atoms with Gasteiger partial charge in [-0.05, 0) is 45.1 Å². The summed E-state index contributed by atoms with van der Waals surface area (Å²) in [5, 5.41) is 0. The van der Waals surface area contributed by atoms with Gasteiger partial charge in [-0.25, -0.2) is 0 Å².